The van der Waals surface area contributed by atoms with Crippen LogP contribution >= 0.6 is 0 Å². The van der Waals surface area contributed by atoms with Crippen molar-refractivity contribution in [3.8, 4) is 11.5 Å². The van der Waals surface area contributed by atoms with E-state index in [9.17, 15) is 4.79 Å². The smallest absolute Gasteiger partial charge is 0.182 e. The van der Waals surface area contributed by atoms with E-state index in [1.54, 1.807) is 6.07 Å². The minimum atomic E-state index is -0.0596. The molecular weight excluding hydrogens is 262 g/mol. The number of benzene rings is 2. The van der Waals surface area contributed by atoms with Crippen LogP contribution in [-0.2, 0) is 6.42 Å². The van der Waals surface area contributed by atoms with Crippen LogP contribution < -0.4 is 5.43 Å². The summed E-state index contributed by atoms with van der Waals surface area (Å²) in [5.74, 6) is 0.543. The molecule has 0 bridgehead atoms. The van der Waals surface area contributed by atoms with Gasteiger partial charge in [-0.1, -0.05) is 33.3 Å². The van der Waals surface area contributed by atoms with E-state index in [0.717, 1.165) is 23.9 Å². The zero-order chi connectivity index (χ0) is 15.0. The highest BCUT2D eigenvalue weighted by Gasteiger charge is 2.17. The Morgan fingerprint density at radius 3 is 2.71 bits per heavy atom. The van der Waals surface area contributed by atoms with Crippen LogP contribution in [0.5, 0.6) is 0 Å². The van der Waals surface area contributed by atoms with Gasteiger partial charge in [-0.25, -0.2) is 4.98 Å². The molecular formula is C18H19NO2. The van der Waals surface area contributed by atoms with Gasteiger partial charge in [0.25, 0.3) is 0 Å². The first-order valence-corrected chi connectivity index (χ1v) is 7.30. The second kappa shape index (κ2) is 4.99. The number of nitrogens with zero attached hydrogens (tertiary/aromatic N) is 1. The van der Waals surface area contributed by atoms with Gasteiger partial charge in [0.1, 0.15) is 11.2 Å². The number of hydrogen-bond donors (Lipinski definition) is 0. The molecule has 2 aliphatic rings. The van der Waals surface area contributed by atoms with E-state index in [-0.39, 0.29) is 10.8 Å². The van der Waals surface area contributed by atoms with Gasteiger partial charge in [0.15, 0.2) is 16.8 Å². The molecule has 108 valence electrons. The quantitative estimate of drug-likeness (QED) is 0.673. The largest absolute Gasteiger partial charge is 0.453 e. The van der Waals surface area contributed by atoms with Crippen molar-refractivity contribution in [2.24, 2.45) is 5.41 Å². The SMILES string of the molecule is CCC(C)(C)Cc1ccc2nc3ccc(=O)cc-3oc2c1. The summed E-state index contributed by atoms with van der Waals surface area (Å²) < 4.78 is 5.85. The first-order valence-electron chi connectivity index (χ1n) is 7.30. The fraction of sp³-hybridized carbons (Fsp3) is 0.333. The highest BCUT2D eigenvalue weighted by atomic mass is 16.3. The van der Waals surface area contributed by atoms with Crippen molar-refractivity contribution in [2.45, 2.75) is 33.6 Å². The highest BCUT2D eigenvalue weighted by Crippen LogP contribution is 2.28. The Kier molecular flexibility index (Phi) is 3.28. The predicted molar refractivity (Wildman–Crippen MR) is 84.7 cm³/mol. The van der Waals surface area contributed by atoms with Gasteiger partial charge >= 0.3 is 0 Å². The maximum atomic E-state index is 11.4. The number of hydrogen-bond acceptors (Lipinski definition) is 3. The average molecular weight is 281 g/mol. The van der Waals surface area contributed by atoms with Crippen LogP contribution in [0.3, 0.4) is 0 Å². The standard InChI is InChI=1S/C18H19NO2/c1-4-18(2,3)11-12-5-7-14-16(9-12)21-17-10-13(20)6-8-15(17)19-14/h5-10H,4,11H2,1-3H3. The normalized spacial score (nSPS) is 12.1. The van der Waals surface area contributed by atoms with Crippen molar-refractivity contribution in [2.75, 3.05) is 0 Å². The molecule has 0 unspecified atom stereocenters. The van der Waals surface area contributed by atoms with Gasteiger partial charge in [0.05, 0.1) is 0 Å². The minimum Gasteiger partial charge on any atom is -0.453 e. The zero-order valence-electron chi connectivity index (χ0n) is 12.6. The van der Waals surface area contributed by atoms with Crippen molar-refractivity contribution in [1.82, 2.24) is 4.98 Å². The molecule has 1 aliphatic carbocycles. The Morgan fingerprint density at radius 1 is 1.14 bits per heavy atom. The van der Waals surface area contributed by atoms with Gasteiger partial charge in [0.2, 0.25) is 0 Å². The van der Waals surface area contributed by atoms with Crippen LogP contribution in [0.1, 0.15) is 32.8 Å². The lowest BCUT2D eigenvalue weighted by Gasteiger charge is -2.22. The summed E-state index contributed by atoms with van der Waals surface area (Å²) in [6, 6.07) is 10.8. The molecule has 1 aromatic carbocycles. The van der Waals surface area contributed by atoms with Gasteiger partial charge in [0, 0.05) is 6.07 Å². The van der Waals surface area contributed by atoms with Gasteiger partial charge in [-0.15, -0.1) is 0 Å². The van der Waals surface area contributed by atoms with Crippen LogP contribution in [-0.4, -0.2) is 4.98 Å². The molecule has 3 rings (SSSR count). The lowest BCUT2D eigenvalue weighted by atomic mass is 9.83. The van der Waals surface area contributed by atoms with Crippen molar-refractivity contribution < 1.29 is 4.42 Å². The molecule has 0 spiro atoms. The summed E-state index contributed by atoms with van der Waals surface area (Å²) >= 11 is 0. The van der Waals surface area contributed by atoms with Crippen molar-refractivity contribution in [1.29, 1.82) is 0 Å². The van der Waals surface area contributed by atoms with Crippen LogP contribution in [0.25, 0.3) is 22.6 Å². The van der Waals surface area contributed by atoms with Crippen LogP contribution in [0, 0.1) is 5.41 Å². The first-order chi connectivity index (χ1) is 9.97. The monoisotopic (exact) mass is 281 g/mol. The third-order valence-corrected chi connectivity index (χ3v) is 4.06. The molecule has 0 amide bonds. The maximum absolute atomic E-state index is 11.4. The van der Waals surface area contributed by atoms with Gasteiger partial charge in [-0.2, -0.15) is 0 Å². The van der Waals surface area contributed by atoms with E-state index >= 15 is 0 Å². The Labute approximate surface area is 124 Å². The molecule has 1 heterocycles. The average Bonchev–Trinajstić information content (AvgIpc) is 2.44. The van der Waals surface area contributed by atoms with E-state index in [1.165, 1.54) is 17.7 Å². The fourth-order valence-electron chi connectivity index (χ4n) is 2.44. The molecule has 3 heteroatoms. The summed E-state index contributed by atoms with van der Waals surface area (Å²) in [5, 5.41) is 0. The van der Waals surface area contributed by atoms with E-state index in [4.69, 9.17) is 4.42 Å². The second-order valence-corrected chi connectivity index (χ2v) is 6.34. The lowest BCUT2D eigenvalue weighted by molar-refractivity contribution is 0.349. The molecule has 0 saturated heterocycles. The van der Waals surface area contributed by atoms with Crippen LogP contribution in [0.15, 0.2) is 45.6 Å². The highest BCUT2D eigenvalue weighted by molar-refractivity contribution is 5.76. The predicted octanol–water partition coefficient (Wildman–Crippen LogP) is 4.27. The maximum Gasteiger partial charge on any atom is 0.182 e. The summed E-state index contributed by atoms with van der Waals surface area (Å²) in [7, 11) is 0. The number of aromatic nitrogens is 1. The van der Waals surface area contributed by atoms with Gasteiger partial charge in [-0.3, -0.25) is 4.79 Å². The first kappa shape index (κ1) is 13.8. The number of rotatable bonds is 3. The second-order valence-electron chi connectivity index (χ2n) is 6.34. The fourth-order valence-corrected chi connectivity index (χ4v) is 2.44. The summed E-state index contributed by atoms with van der Waals surface area (Å²) in [4.78, 5) is 16.0. The van der Waals surface area contributed by atoms with E-state index in [2.05, 4.69) is 31.8 Å². The molecule has 3 nitrogen and oxygen atoms in total. The Hall–Kier alpha value is -2.16. The van der Waals surface area contributed by atoms with E-state index in [0.29, 0.717) is 11.5 Å². The minimum absolute atomic E-state index is 0.0596. The van der Waals surface area contributed by atoms with Crippen LogP contribution in [0.4, 0.5) is 0 Å². The summed E-state index contributed by atoms with van der Waals surface area (Å²) in [5.41, 5.74) is 3.70. The molecule has 0 atom stereocenters. The van der Waals surface area contributed by atoms with Crippen molar-refractivity contribution in [3.63, 3.8) is 0 Å². The van der Waals surface area contributed by atoms with Crippen molar-refractivity contribution in [3.05, 3.63) is 52.2 Å². The Morgan fingerprint density at radius 2 is 1.95 bits per heavy atom. The third kappa shape index (κ3) is 2.82. The third-order valence-electron chi connectivity index (χ3n) is 4.06. The van der Waals surface area contributed by atoms with Gasteiger partial charge < -0.3 is 4.42 Å². The van der Waals surface area contributed by atoms with Crippen molar-refractivity contribution >= 4 is 11.1 Å². The molecule has 21 heavy (non-hydrogen) atoms. The molecule has 0 fully saturated rings. The molecule has 1 aromatic rings. The van der Waals surface area contributed by atoms with E-state index in [1.807, 2.05) is 12.1 Å². The summed E-state index contributed by atoms with van der Waals surface area (Å²) in [6.07, 6.45) is 2.12. The molecule has 0 saturated carbocycles. The number of fused-ring (bicyclic) bond motifs is 2. The molecule has 0 N–H and O–H groups in total. The molecule has 1 aliphatic heterocycles. The molecule has 0 radical (unpaired) electrons. The van der Waals surface area contributed by atoms with E-state index < -0.39 is 0 Å². The van der Waals surface area contributed by atoms with Crippen LogP contribution in [0.2, 0.25) is 0 Å². The lowest BCUT2D eigenvalue weighted by Crippen LogP contribution is -2.13. The topological polar surface area (TPSA) is 43.1 Å². The van der Waals surface area contributed by atoms with Gasteiger partial charge in [-0.05, 0) is 41.7 Å². The Balaban J connectivity index is 2.11. The summed E-state index contributed by atoms with van der Waals surface area (Å²) in [6.45, 7) is 6.73. The zero-order valence-corrected chi connectivity index (χ0v) is 12.6. The molecule has 0 aromatic heterocycles. The Bertz CT molecular complexity index is 817.